The number of aryl methyl sites for hydroxylation is 1. The SMILES string of the molecule is CCNC(c1ccc(OCC)cc1)c1snnc1C. The van der Waals surface area contributed by atoms with E-state index in [2.05, 4.69) is 34.0 Å². The van der Waals surface area contributed by atoms with Crippen LogP contribution in [0.1, 0.15) is 36.0 Å². The Morgan fingerprint density at radius 3 is 2.53 bits per heavy atom. The van der Waals surface area contributed by atoms with Gasteiger partial charge in [0.25, 0.3) is 0 Å². The molecular formula is C14H19N3OS. The number of aromatic nitrogens is 2. The molecule has 1 N–H and O–H groups in total. The second-order valence-corrected chi connectivity index (χ2v) is 5.00. The zero-order chi connectivity index (χ0) is 13.7. The molecule has 0 spiro atoms. The van der Waals surface area contributed by atoms with E-state index < -0.39 is 0 Å². The molecule has 1 aromatic heterocycles. The van der Waals surface area contributed by atoms with E-state index in [-0.39, 0.29) is 6.04 Å². The lowest BCUT2D eigenvalue weighted by molar-refractivity contribution is 0.340. The Balaban J connectivity index is 2.26. The van der Waals surface area contributed by atoms with Gasteiger partial charge in [-0.15, -0.1) is 5.10 Å². The molecule has 0 saturated heterocycles. The normalized spacial score (nSPS) is 12.4. The molecule has 1 unspecified atom stereocenters. The quantitative estimate of drug-likeness (QED) is 0.882. The van der Waals surface area contributed by atoms with Gasteiger partial charge in [0.2, 0.25) is 0 Å². The molecule has 0 saturated carbocycles. The van der Waals surface area contributed by atoms with Crippen molar-refractivity contribution in [1.82, 2.24) is 14.9 Å². The molecule has 0 aliphatic rings. The number of hydrogen-bond acceptors (Lipinski definition) is 5. The Labute approximate surface area is 118 Å². The third kappa shape index (κ3) is 3.30. The lowest BCUT2D eigenvalue weighted by Crippen LogP contribution is -2.21. The van der Waals surface area contributed by atoms with Crippen LogP contribution in [-0.4, -0.2) is 22.7 Å². The van der Waals surface area contributed by atoms with E-state index in [1.165, 1.54) is 22.0 Å². The van der Waals surface area contributed by atoms with Crippen LogP contribution in [0.15, 0.2) is 24.3 Å². The summed E-state index contributed by atoms with van der Waals surface area (Å²) in [6, 6.07) is 8.36. The van der Waals surface area contributed by atoms with Crippen molar-refractivity contribution in [3.05, 3.63) is 40.4 Å². The summed E-state index contributed by atoms with van der Waals surface area (Å²) in [5.41, 5.74) is 2.20. The van der Waals surface area contributed by atoms with E-state index in [9.17, 15) is 0 Å². The maximum atomic E-state index is 5.47. The fourth-order valence-electron chi connectivity index (χ4n) is 1.99. The van der Waals surface area contributed by atoms with Crippen LogP contribution in [0.3, 0.4) is 0 Å². The summed E-state index contributed by atoms with van der Waals surface area (Å²) in [6.07, 6.45) is 0. The fourth-order valence-corrected chi connectivity index (χ4v) is 2.74. The van der Waals surface area contributed by atoms with Gasteiger partial charge in [-0.25, -0.2) is 0 Å². The van der Waals surface area contributed by atoms with Crippen molar-refractivity contribution in [1.29, 1.82) is 0 Å². The number of benzene rings is 1. The van der Waals surface area contributed by atoms with Crippen molar-refractivity contribution in [3.8, 4) is 5.75 Å². The Morgan fingerprint density at radius 2 is 2.00 bits per heavy atom. The minimum Gasteiger partial charge on any atom is -0.494 e. The van der Waals surface area contributed by atoms with E-state index in [0.29, 0.717) is 6.61 Å². The molecule has 1 heterocycles. The molecule has 1 atom stereocenters. The van der Waals surface area contributed by atoms with Crippen molar-refractivity contribution in [2.45, 2.75) is 26.8 Å². The summed E-state index contributed by atoms with van der Waals surface area (Å²) < 4.78 is 9.50. The first-order valence-corrected chi connectivity index (χ1v) is 7.28. The fraction of sp³-hybridized carbons (Fsp3) is 0.429. The largest absolute Gasteiger partial charge is 0.494 e. The summed E-state index contributed by atoms with van der Waals surface area (Å²) in [4.78, 5) is 1.17. The molecule has 0 aliphatic carbocycles. The van der Waals surface area contributed by atoms with Gasteiger partial charge in [-0.1, -0.05) is 23.5 Å². The van der Waals surface area contributed by atoms with Crippen LogP contribution in [0.25, 0.3) is 0 Å². The minimum atomic E-state index is 0.153. The first kappa shape index (κ1) is 14.0. The van der Waals surface area contributed by atoms with Crippen molar-refractivity contribution < 1.29 is 4.74 Å². The van der Waals surface area contributed by atoms with Gasteiger partial charge in [-0.2, -0.15) is 0 Å². The molecule has 0 aliphatic heterocycles. The Hall–Kier alpha value is -1.46. The molecule has 1 aromatic carbocycles. The second kappa shape index (κ2) is 6.63. The molecule has 0 fully saturated rings. The molecule has 0 bridgehead atoms. The van der Waals surface area contributed by atoms with Crippen LogP contribution >= 0.6 is 11.5 Å². The van der Waals surface area contributed by atoms with E-state index in [4.69, 9.17) is 4.74 Å². The van der Waals surface area contributed by atoms with Gasteiger partial charge in [0.15, 0.2) is 0 Å². The predicted molar refractivity (Wildman–Crippen MR) is 77.8 cm³/mol. The Kier molecular flexibility index (Phi) is 4.87. The highest BCUT2D eigenvalue weighted by Gasteiger charge is 2.18. The average Bonchev–Trinajstić information content (AvgIpc) is 2.84. The summed E-state index contributed by atoms with van der Waals surface area (Å²) in [5, 5.41) is 7.58. The van der Waals surface area contributed by atoms with Gasteiger partial charge in [-0.3, -0.25) is 0 Å². The van der Waals surface area contributed by atoms with Gasteiger partial charge in [-0.05, 0) is 49.6 Å². The van der Waals surface area contributed by atoms with Crippen LogP contribution in [0.2, 0.25) is 0 Å². The molecule has 0 radical (unpaired) electrons. The van der Waals surface area contributed by atoms with Crippen LogP contribution in [0, 0.1) is 6.92 Å². The summed E-state index contributed by atoms with van der Waals surface area (Å²) in [7, 11) is 0. The lowest BCUT2D eigenvalue weighted by Gasteiger charge is -2.17. The highest BCUT2D eigenvalue weighted by Crippen LogP contribution is 2.27. The van der Waals surface area contributed by atoms with Gasteiger partial charge in [0.05, 0.1) is 23.2 Å². The average molecular weight is 277 g/mol. The van der Waals surface area contributed by atoms with E-state index in [1.54, 1.807) is 0 Å². The monoisotopic (exact) mass is 277 g/mol. The molecule has 2 aromatic rings. The number of hydrogen-bond donors (Lipinski definition) is 1. The topological polar surface area (TPSA) is 47.0 Å². The van der Waals surface area contributed by atoms with Crippen molar-refractivity contribution in [3.63, 3.8) is 0 Å². The van der Waals surface area contributed by atoms with Crippen LogP contribution < -0.4 is 10.1 Å². The smallest absolute Gasteiger partial charge is 0.119 e. The van der Waals surface area contributed by atoms with Gasteiger partial charge in [0.1, 0.15) is 5.75 Å². The first-order chi connectivity index (χ1) is 9.26. The van der Waals surface area contributed by atoms with E-state index in [0.717, 1.165) is 18.0 Å². The van der Waals surface area contributed by atoms with Crippen LogP contribution in [-0.2, 0) is 0 Å². The van der Waals surface area contributed by atoms with Gasteiger partial charge in [0, 0.05) is 0 Å². The van der Waals surface area contributed by atoms with Gasteiger partial charge < -0.3 is 10.1 Å². The van der Waals surface area contributed by atoms with E-state index >= 15 is 0 Å². The minimum absolute atomic E-state index is 0.153. The van der Waals surface area contributed by atoms with Crippen molar-refractivity contribution in [2.75, 3.05) is 13.2 Å². The molecular weight excluding hydrogens is 258 g/mol. The standard InChI is InChI=1S/C14H19N3OS/c1-4-15-13(14-10(3)16-17-19-14)11-6-8-12(9-7-11)18-5-2/h6-9,13,15H,4-5H2,1-3H3. The maximum absolute atomic E-state index is 5.47. The Bertz CT molecular complexity index is 510. The zero-order valence-electron chi connectivity index (χ0n) is 11.5. The molecule has 2 rings (SSSR count). The third-order valence-corrected chi connectivity index (χ3v) is 3.77. The van der Waals surface area contributed by atoms with Crippen molar-refractivity contribution in [2.24, 2.45) is 0 Å². The molecule has 4 nitrogen and oxygen atoms in total. The zero-order valence-corrected chi connectivity index (χ0v) is 12.3. The summed E-state index contributed by atoms with van der Waals surface area (Å²) >= 11 is 1.45. The summed E-state index contributed by atoms with van der Waals surface area (Å²) in [5.74, 6) is 0.903. The second-order valence-electron chi connectivity index (χ2n) is 4.22. The number of rotatable bonds is 6. The number of nitrogens with zero attached hydrogens (tertiary/aromatic N) is 2. The number of ether oxygens (including phenoxy) is 1. The molecule has 19 heavy (non-hydrogen) atoms. The Morgan fingerprint density at radius 1 is 1.26 bits per heavy atom. The molecule has 0 amide bonds. The predicted octanol–water partition coefficient (Wildman–Crippen LogP) is 2.94. The highest BCUT2D eigenvalue weighted by atomic mass is 32.1. The highest BCUT2D eigenvalue weighted by molar-refractivity contribution is 7.05. The number of nitrogens with one attached hydrogen (secondary N) is 1. The first-order valence-electron chi connectivity index (χ1n) is 6.51. The molecule has 5 heteroatoms. The lowest BCUT2D eigenvalue weighted by atomic mass is 10.0. The third-order valence-electron chi connectivity index (χ3n) is 2.88. The van der Waals surface area contributed by atoms with Crippen LogP contribution in [0.5, 0.6) is 5.75 Å². The van der Waals surface area contributed by atoms with Crippen molar-refractivity contribution >= 4 is 11.5 Å². The molecule has 102 valence electrons. The van der Waals surface area contributed by atoms with E-state index in [1.807, 2.05) is 26.0 Å². The van der Waals surface area contributed by atoms with Gasteiger partial charge >= 0.3 is 0 Å². The maximum Gasteiger partial charge on any atom is 0.119 e. The summed E-state index contributed by atoms with van der Waals surface area (Å²) in [6.45, 7) is 7.67. The van der Waals surface area contributed by atoms with Crippen LogP contribution in [0.4, 0.5) is 0 Å².